The Morgan fingerprint density at radius 3 is 2.48 bits per heavy atom. The van der Waals surface area contributed by atoms with Crippen LogP contribution in [0.3, 0.4) is 0 Å². The summed E-state index contributed by atoms with van der Waals surface area (Å²) in [7, 11) is 1.97. The van der Waals surface area contributed by atoms with Gasteiger partial charge in [0.05, 0.1) is 11.7 Å². The summed E-state index contributed by atoms with van der Waals surface area (Å²) < 4.78 is 5.74. The number of nitrogens with one attached hydrogen (secondary N) is 1. The first-order valence-electron chi connectivity index (χ1n) is 10.4. The summed E-state index contributed by atoms with van der Waals surface area (Å²) in [6, 6.07) is 11.9. The van der Waals surface area contributed by atoms with E-state index in [1.54, 1.807) is 12.3 Å². The van der Waals surface area contributed by atoms with Crippen molar-refractivity contribution in [1.82, 2.24) is 10.3 Å². The number of rotatable bonds is 8. The Morgan fingerprint density at radius 2 is 2.00 bits per heavy atom. The van der Waals surface area contributed by atoms with Gasteiger partial charge in [-0.25, -0.2) is 4.98 Å². The molecule has 2 aromatic rings. The van der Waals surface area contributed by atoms with Crippen LogP contribution in [0.4, 0.5) is 5.82 Å². The lowest BCUT2D eigenvalue weighted by Crippen LogP contribution is -2.25. The quantitative estimate of drug-likeness (QED) is 0.668. The molecule has 6 heteroatoms. The number of hydrogen-bond acceptors (Lipinski definition) is 5. The van der Waals surface area contributed by atoms with Gasteiger partial charge in [-0.1, -0.05) is 38.6 Å². The lowest BCUT2D eigenvalue weighted by Gasteiger charge is -2.22. The summed E-state index contributed by atoms with van der Waals surface area (Å²) in [6.45, 7) is 14.8. The maximum Gasteiger partial charge on any atom is 0.249 e. The van der Waals surface area contributed by atoms with Crippen molar-refractivity contribution < 1.29 is 9.53 Å². The standard InChI is InChI=1S/C16H23NO2.C9H11N3/c1-6-17-15(18)10-19-16(11(2)3)14-8-7-12(4)13(5)9-14;1-3-12(2)9-5-4-8(6-10)7-11-9/h6-9,11,16H,1,10H2,2-5H3,(H,17,18);4-5,7H,3H2,1-2H3. The molecule has 166 valence electrons. The molecular weight excluding hydrogens is 388 g/mol. The smallest absolute Gasteiger partial charge is 0.249 e. The second kappa shape index (κ2) is 13.2. The molecule has 0 fully saturated rings. The zero-order chi connectivity index (χ0) is 23.4. The van der Waals surface area contributed by atoms with Crippen LogP contribution >= 0.6 is 0 Å². The topological polar surface area (TPSA) is 78.2 Å². The zero-order valence-electron chi connectivity index (χ0n) is 19.5. The number of nitriles is 1. The van der Waals surface area contributed by atoms with Gasteiger partial charge in [-0.3, -0.25) is 4.79 Å². The van der Waals surface area contributed by atoms with E-state index in [0.717, 1.165) is 17.9 Å². The summed E-state index contributed by atoms with van der Waals surface area (Å²) in [5.74, 6) is 1.03. The molecule has 1 amide bonds. The number of carbonyl (C=O) groups excluding carboxylic acids is 1. The van der Waals surface area contributed by atoms with Crippen molar-refractivity contribution in [2.75, 3.05) is 25.1 Å². The minimum atomic E-state index is -0.176. The number of ether oxygens (including phenoxy) is 1. The Labute approximate surface area is 186 Å². The van der Waals surface area contributed by atoms with Gasteiger partial charge < -0.3 is 15.0 Å². The van der Waals surface area contributed by atoms with Crippen molar-refractivity contribution >= 4 is 11.7 Å². The molecule has 0 bridgehead atoms. The van der Waals surface area contributed by atoms with Crippen LogP contribution < -0.4 is 10.2 Å². The predicted molar refractivity (Wildman–Crippen MR) is 126 cm³/mol. The first-order valence-corrected chi connectivity index (χ1v) is 10.4. The van der Waals surface area contributed by atoms with Crippen LogP contribution in [0.5, 0.6) is 0 Å². The molecule has 0 aliphatic heterocycles. The minimum Gasteiger partial charge on any atom is -0.363 e. The number of anilines is 1. The Bertz CT molecular complexity index is 885. The van der Waals surface area contributed by atoms with Crippen LogP contribution in [-0.2, 0) is 9.53 Å². The van der Waals surface area contributed by atoms with Gasteiger partial charge in [0, 0.05) is 19.8 Å². The number of aryl methyl sites for hydroxylation is 2. The largest absolute Gasteiger partial charge is 0.363 e. The summed E-state index contributed by atoms with van der Waals surface area (Å²) in [5.41, 5.74) is 4.21. The van der Waals surface area contributed by atoms with Crippen molar-refractivity contribution in [3.63, 3.8) is 0 Å². The van der Waals surface area contributed by atoms with E-state index in [2.05, 4.69) is 69.7 Å². The highest BCUT2D eigenvalue weighted by Crippen LogP contribution is 2.27. The molecule has 0 aliphatic rings. The third-order valence-electron chi connectivity index (χ3n) is 4.86. The Morgan fingerprint density at radius 1 is 1.29 bits per heavy atom. The normalized spacial score (nSPS) is 11.0. The van der Waals surface area contributed by atoms with E-state index >= 15 is 0 Å². The molecule has 1 unspecified atom stereocenters. The number of pyridine rings is 1. The SMILES string of the molecule is C=CNC(=O)COC(c1ccc(C)c(C)c1)C(C)C.CCN(C)c1ccc(C#N)cn1. The molecule has 2 rings (SSSR count). The van der Waals surface area contributed by atoms with Gasteiger partial charge in [-0.15, -0.1) is 0 Å². The number of hydrogen-bond donors (Lipinski definition) is 1. The van der Waals surface area contributed by atoms with E-state index in [9.17, 15) is 4.79 Å². The molecule has 6 nitrogen and oxygen atoms in total. The van der Waals surface area contributed by atoms with Gasteiger partial charge in [0.1, 0.15) is 18.5 Å². The predicted octanol–water partition coefficient (Wildman–Crippen LogP) is 4.69. The molecule has 1 aromatic heterocycles. The highest BCUT2D eigenvalue weighted by atomic mass is 16.5. The zero-order valence-corrected chi connectivity index (χ0v) is 19.5. The van der Waals surface area contributed by atoms with Crippen LogP contribution in [0, 0.1) is 31.1 Å². The summed E-state index contributed by atoms with van der Waals surface area (Å²) in [5, 5.41) is 11.0. The molecule has 0 spiro atoms. The second-order valence-corrected chi connectivity index (χ2v) is 7.62. The molecule has 0 aliphatic carbocycles. The molecule has 0 saturated carbocycles. The third-order valence-corrected chi connectivity index (χ3v) is 4.86. The third kappa shape index (κ3) is 8.61. The van der Waals surface area contributed by atoms with Gasteiger partial charge in [0.25, 0.3) is 0 Å². The van der Waals surface area contributed by atoms with Crippen molar-refractivity contribution in [2.45, 2.75) is 40.7 Å². The number of nitrogens with zero attached hydrogens (tertiary/aromatic N) is 3. The molecule has 1 aromatic carbocycles. The summed E-state index contributed by atoms with van der Waals surface area (Å²) >= 11 is 0. The van der Waals surface area contributed by atoms with Crippen molar-refractivity contribution in [1.29, 1.82) is 5.26 Å². The number of amides is 1. The first-order chi connectivity index (χ1) is 14.7. The molecular formula is C25H34N4O2. The van der Waals surface area contributed by atoms with Gasteiger partial charge in [-0.2, -0.15) is 5.26 Å². The van der Waals surface area contributed by atoms with Crippen LogP contribution in [0.15, 0.2) is 49.3 Å². The lowest BCUT2D eigenvalue weighted by atomic mass is 9.96. The maximum absolute atomic E-state index is 11.4. The maximum atomic E-state index is 11.4. The monoisotopic (exact) mass is 422 g/mol. The first kappa shape index (κ1) is 25.9. The number of benzene rings is 1. The van der Waals surface area contributed by atoms with Crippen LogP contribution in [0.25, 0.3) is 0 Å². The Kier molecular flexibility index (Phi) is 11.0. The Hall–Kier alpha value is -3.17. The Balaban J connectivity index is 0.000000343. The average molecular weight is 423 g/mol. The summed E-state index contributed by atoms with van der Waals surface area (Å²) in [4.78, 5) is 17.6. The van der Waals surface area contributed by atoms with Gasteiger partial charge >= 0.3 is 0 Å². The molecule has 1 heterocycles. The van der Waals surface area contributed by atoms with Gasteiger partial charge in [-0.05, 0) is 61.7 Å². The van der Waals surface area contributed by atoms with Crippen LogP contribution in [-0.4, -0.2) is 31.1 Å². The highest BCUT2D eigenvalue weighted by Gasteiger charge is 2.18. The minimum absolute atomic E-state index is 0.0434. The fourth-order valence-corrected chi connectivity index (χ4v) is 2.78. The second-order valence-electron chi connectivity index (χ2n) is 7.62. The molecule has 1 N–H and O–H groups in total. The molecule has 0 radical (unpaired) electrons. The van der Waals surface area contributed by atoms with Gasteiger partial charge in [0.2, 0.25) is 5.91 Å². The van der Waals surface area contributed by atoms with Crippen molar-refractivity contribution in [2.24, 2.45) is 5.92 Å². The van der Waals surface area contributed by atoms with Crippen LogP contribution in [0.1, 0.15) is 49.1 Å². The fourth-order valence-electron chi connectivity index (χ4n) is 2.78. The van der Waals surface area contributed by atoms with Gasteiger partial charge in [0.15, 0.2) is 0 Å². The van der Waals surface area contributed by atoms with E-state index in [4.69, 9.17) is 10.00 Å². The van der Waals surface area contributed by atoms with Crippen molar-refractivity contribution in [3.8, 4) is 6.07 Å². The van der Waals surface area contributed by atoms with E-state index in [1.807, 2.05) is 24.1 Å². The fraction of sp³-hybridized carbons (Fsp3) is 0.400. The lowest BCUT2D eigenvalue weighted by molar-refractivity contribution is -0.127. The number of carbonyl (C=O) groups is 1. The van der Waals surface area contributed by atoms with E-state index < -0.39 is 0 Å². The summed E-state index contributed by atoms with van der Waals surface area (Å²) in [6.07, 6.45) is 2.88. The molecule has 1 atom stereocenters. The van der Waals surface area contributed by atoms with E-state index in [1.165, 1.54) is 17.3 Å². The average Bonchev–Trinajstić information content (AvgIpc) is 2.76. The van der Waals surface area contributed by atoms with Crippen molar-refractivity contribution in [3.05, 3.63) is 71.6 Å². The van der Waals surface area contributed by atoms with E-state index in [-0.39, 0.29) is 18.6 Å². The van der Waals surface area contributed by atoms with E-state index in [0.29, 0.717) is 11.5 Å². The van der Waals surface area contributed by atoms with Crippen LogP contribution in [0.2, 0.25) is 0 Å². The highest BCUT2D eigenvalue weighted by molar-refractivity contribution is 5.78. The molecule has 31 heavy (non-hydrogen) atoms. The number of aromatic nitrogens is 1. The molecule has 0 saturated heterocycles.